The summed E-state index contributed by atoms with van der Waals surface area (Å²) in [5, 5.41) is 12.1. The number of nitrogens with one attached hydrogen (secondary N) is 2. The van der Waals surface area contributed by atoms with Crippen molar-refractivity contribution in [2.75, 3.05) is 25.0 Å². The van der Waals surface area contributed by atoms with Crippen LogP contribution in [-0.4, -0.2) is 40.8 Å². The van der Waals surface area contributed by atoms with Gasteiger partial charge in [0.1, 0.15) is 0 Å². The van der Waals surface area contributed by atoms with E-state index in [4.69, 9.17) is 0 Å². The first-order valence-corrected chi connectivity index (χ1v) is 7.75. The molecule has 4 heteroatoms. The van der Waals surface area contributed by atoms with Crippen LogP contribution in [0.5, 0.6) is 0 Å². The van der Waals surface area contributed by atoms with Gasteiger partial charge in [-0.2, -0.15) is 5.10 Å². The maximum Gasteiger partial charge on any atom is 0.155 e. The number of hydrogen-bond donors (Lipinski definition) is 2. The summed E-state index contributed by atoms with van der Waals surface area (Å²) in [5.41, 5.74) is 1.10. The molecule has 0 amide bonds. The van der Waals surface area contributed by atoms with E-state index in [-0.39, 0.29) is 0 Å². The summed E-state index contributed by atoms with van der Waals surface area (Å²) in [7, 11) is 0. The van der Waals surface area contributed by atoms with Crippen molar-refractivity contribution in [1.82, 2.24) is 15.1 Å². The molecule has 20 heavy (non-hydrogen) atoms. The number of aromatic nitrogens is 2. The second-order valence-electron chi connectivity index (χ2n) is 5.78. The Bertz CT molecular complexity index is 542. The minimum atomic E-state index is 0.660. The molecule has 1 aromatic heterocycles. The van der Waals surface area contributed by atoms with Crippen LogP contribution in [0.2, 0.25) is 0 Å². The predicted octanol–water partition coefficient (Wildman–Crippen LogP) is 3.24. The maximum atomic E-state index is 4.35. The van der Waals surface area contributed by atoms with Crippen LogP contribution in [0.25, 0.3) is 10.9 Å². The number of hydrogen-bond acceptors (Lipinski definition) is 3. The third-order valence-electron chi connectivity index (χ3n) is 4.34. The van der Waals surface area contributed by atoms with Gasteiger partial charge in [-0.15, -0.1) is 0 Å². The summed E-state index contributed by atoms with van der Waals surface area (Å²) in [6, 6.07) is 8.91. The van der Waals surface area contributed by atoms with Gasteiger partial charge < -0.3 is 10.2 Å². The van der Waals surface area contributed by atoms with E-state index < -0.39 is 0 Å². The van der Waals surface area contributed by atoms with Crippen LogP contribution in [0, 0.1) is 0 Å². The molecule has 2 heterocycles. The SMILES string of the molecule is CC(CCNc1n[nH]c2ccccc12)N1CCCCC1. The predicted molar refractivity (Wildman–Crippen MR) is 84.1 cm³/mol. The van der Waals surface area contributed by atoms with Crippen LogP contribution in [-0.2, 0) is 0 Å². The van der Waals surface area contributed by atoms with Gasteiger partial charge in [0.05, 0.1) is 5.52 Å². The molecule has 0 saturated carbocycles. The van der Waals surface area contributed by atoms with Crippen molar-refractivity contribution in [3.63, 3.8) is 0 Å². The molecule has 0 radical (unpaired) electrons. The minimum absolute atomic E-state index is 0.660. The average Bonchev–Trinajstić information content (AvgIpc) is 2.92. The highest BCUT2D eigenvalue weighted by Crippen LogP contribution is 2.20. The standard InChI is InChI=1S/C16H24N4/c1-13(20-11-5-2-6-12-20)9-10-17-16-14-7-3-4-8-15(14)18-19-16/h3-4,7-8,13H,2,5-6,9-12H2,1H3,(H2,17,18,19). The number of aromatic amines is 1. The molecule has 0 spiro atoms. The molecule has 0 aliphatic carbocycles. The summed E-state index contributed by atoms with van der Waals surface area (Å²) in [6.45, 7) is 5.86. The quantitative estimate of drug-likeness (QED) is 0.878. The summed E-state index contributed by atoms with van der Waals surface area (Å²) in [5.74, 6) is 0.978. The molecule has 1 atom stereocenters. The summed E-state index contributed by atoms with van der Waals surface area (Å²) >= 11 is 0. The van der Waals surface area contributed by atoms with Crippen LogP contribution < -0.4 is 5.32 Å². The van der Waals surface area contributed by atoms with Crippen LogP contribution >= 0.6 is 0 Å². The van der Waals surface area contributed by atoms with Gasteiger partial charge in [0, 0.05) is 18.0 Å². The smallest absolute Gasteiger partial charge is 0.155 e. The van der Waals surface area contributed by atoms with E-state index in [1.54, 1.807) is 0 Å². The zero-order valence-electron chi connectivity index (χ0n) is 12.2. The first kappa shape index (κ1) is 13.4. The number of piperidine rings is 1. The molecule has 2 N–H and O–H groups in total. The lowest BCUT2D eigenvalue weighted by Crippen LogP contribution is -2.38. The first-order valence-electron chi connectivity index (χ1n) is 7.75. The van der Waals surface area contributed by atoms with E-state index in [9.17, 15) is 0 Å². The fourth-order valence-electron chi connectivity index (χ4n) is 3.04. The Balaban J connectivity index is 1.52. The van der Waals surface area contributed by atoms with E-state index in [0.717, 1.165) is 17.9 Å². The number of nitrogens with zero attached hydrogens (tertiary/aromatic N) is 2. The van der Waals surface area contributed by atoms with E-state index >= 15 is 0 Å². The third-order valence-corrected chi connectivity index (χ3v) is 4.34. The Morgan fingerprint density at radius 2 is 2.05 bits per heavy atom. The summed E-state index contributed by atoms with van der Waals surface area (Å²) < 4.78 is 0. The molecule has 1 saturated heterocycles. The normalized spacial score (nSPS) is 18.2. The lowest BCUT2D eigenvalue weighted by atomic mass is 10.1. The summed E-state index contributed by atoms with van der Waals surface area (Å²) in [6.07, 6.45) is 5.30. The molecule has 4 nitrogen and oxygen atoms in total. The Morgan fingerprint density at radius 1 is 1.25 bits per heavy atom. The molecule has 3 rings (SSSR count). The fourth-order valence-corrected chi connectivity index (χ4v) is 3.04. The molecule has 1 aliphatic rings. The van der Waals surface area contributed by atoms with Crippen molar-refractivity contribution in [1.29, 1.82) is 0 Å². The Morgan fingerprint density at radius 3 is 2.90 bits per heavy atom. The largest absolute Gasteiger partial charge is 0.368 e. The molecule has 1 fully saturated rings. The van der Waals surface area contributed by atoms with E-state index in [0.29, 0.717) is 6.04 Å². The van der Waals surface area contributed by atoms with Gasteiger partial charge in [-0.05, 0) is 51.4 Å². The van der Waals surface area contributed by atoms with Crippen molar-refractivity contribution in [2.45, 2.75) is 38.6 Å². The van der Waals surface area contributed by atoms with Crippen LogP contribution in [0.1, 0.15) is 32.6 Å². The molecule has 2 aromatic rings. The van der Waals surface area contributed by atoms with Gasteiger partial charge in [0.25, 0.3) is 0 Å². The summed E-state index contributed by atoms with van der Waals surface area (Å²) in [4.78, 5) is 2.62. The Labute approximate surface area is 120 Å². The molecule has 108 valence electrons. The zero-order valence-corrected chi connectivity index (χ0v) is 12.2. The van der Waals surface area contributed by atoms with Crippen molar-refractivity contribution >= 4 is 16.7 Å². The number of benzene rings is 1. The lowest BCUT2D eigenvalue weighted by molar-refractivity contribution is 0.169. The lowest BCUT2D eigenvalue weighted by Gasteiger charge is -2.32. The topological polar surface area (TPSA) is 44.0 Å². The molecule has 1 aromatic carbocycles. The molecular formula is C16H24N4. The van der Waals surface area contributed by atoms with E-state index in [1.165, 1.54) is 44.2 Å². The average molecular weight is 272 g/mol. The van der Waals surface area contributed by atoms with E-state index in [1.807, 2.05) is 6.07 Å². The maximum absolute atomic E-state index is 4.35. The van der Waals surface area contributed by atoms with Gasteiger partial charge in [0.15, 0.2) is 5.82 Å². The van der Waals surface area contributed by atoms with Crippen molar-refractivity contribution in [3.8, 4) is 0 Å². The van der Waals surface area contributed by atoms with Crippen LogP contribution in [0.4, 0.5) is 5.82 Å². The highest BCUT2D eigenvalue weighted by molar-refractivity contribution is 5.89. The van der Waals surface area contributed by atoms with Crippen molar-refractivity contribution < 1.29 is 0 Å². The van der Waals surface area contributed by atoms with Crippen molar-refractivity contribution in [2.24, 2.45) is 0 Å². The number of rotatable bonds is 5. The monoisotopic (exact) mass is 272 g/mol. The number of likely N-dealkylation sites (tertiary alicyclic amines) is 1. The third kappa shape index (κ3) is 2.96. The fraction of sp³-hybridized carbons (Fsp3) is 0.562. The van der Waals surface area contributed by atoms with E-state index in [2.05, 4.69) is 45.5 Å². The number of anilines is 1. The van der Waals surface area contributed by atoms with Gasteiger partial charge in [-0.3, -0.25) is 5.10 Å². The highest BCUT2D eigenvalue weighted by Gasteiger charge is 2.16. The zero-order chi connectivity index (χ0) is 13.8. The van der Waals surface area contributed by atoms with Crippen molar-refractivity contribution in [3.05, 3.63) is 24.3 Å². The van der Waals surface area contributed by atoms with Gasteiger partial charge in [-0.25, -0.2) is 0 Å². The minimum Gasteiger partial charge on any atom is -0.368 e. The van der Waals surface area contributed by atoms with Gasteiger partial charge in [-0.1, -0.05) is 18.6 Å². The molecule has 1 aliphatic heterocycles. The molecular weight excluding hydrogens is 248 g/mol. The second kappa shape index (κ2) is 6.27. The van der Waals surface area contributed by atoms with Gasteiger partial charge in [0.2, 0.25) is 0 Å². The highest BCUT2D eigenvalue weighted by atomic mass is 15.2. The first-order chi connectivity index (χ1) is 9.84. The van der Waals surface area contributed by atoms with Crippen LogP contribution in [0.15, 0.2) is 24.3 Å². The molecule has 1 unspecified atom stereocenters. The number of para-hydroxylation sites is 1. The Kier molecular flexibility index (Phi) is 4.21. The molecule has 0 bridgehead atoms. The van der Waals surface area contributed by atoms with Gasteiger partial charge >= 0.3 is 0 Å². The Hall–Kier alpha value is -1.55. The van der Waals surface area contributed by atoms with Crippen LogP contribution in [0.3, 0.4) is 0 Å². The second-order valence-corrected chi connectivity index (χ2v) is 5.78. The number of fused-ring (bicyclic) bond motifs is 1. The number of H-pyrrole nitrogens is 1.